The van der Waals surface area contributed by atoms with Crippen LogP contribution in [0.5, 0.6) is 0 Å². The molecule has 3 rings (SSSR count). The van der Waals surface area contributed by atoms with Gasteiger partial charge in [-0.25, -0.2) is 23.1 Å². The average molecular weight is 427 g/mol. The summed E-state index contributed by atoms with van der Waals surface area (Å²) in [6.07, 6.45) is -1.18. The van der Waals surface area contributed by atoms with Crippen LogP contribution in [0.1, 0.15) is 42.9 Å². The monoisotopic (exact) mass is 427 g/mol. The molecule has 0 amide bonds. The number of fused-ring (bicyclic) bond motifs is 1. The van der Waals surface area contributed by atoms with Crippen molar-refractivity contribution in [1.82, 2.24) is 19.9 Å². The third-order valence-electron chi connectivity index (χ3n) is 4.80. The first-order chi connectivity index (χ1) is 14.8. The molecule has 1 N–H and O–H groups in total. The fourth-order valence-corrected chi connectivity index (χ4v) is 2.99. The number of pyridine rings is 1. The van der Waals surface area contributed by atoms with E-state index in [1.165, 1.54) is 12.1 Å². The van der Waals surface area contributed by atoms with Crippen molar-refractivity contribution in [2.24, 2.45) is 12.0 Å². The second-order valence-corrected chi connectivity index (χ2v) is 7.40. The number of hydrogen-bond donors (Lipinski definition) is 1. The Morgan fingerprint density at radius 3 is 2.74 bits per heavy atom. The quantitative estimate of drug-likeness (QED) is 0.630. The Bertz CT molecular complexity index is 1220. The van der Waals surface area contributed by atoms with Gasteiger partial charge in [0.1, 0.15) is 17.3 Å². The number of aromatic nitrogens is 3. The molecule has 0 aliphatic carbocycles. The van der Waals surface area contributed by atoms with Crippen LogP contribution in [-0.4, -0.2) is 27.1 Å². The number of nitrogens with zero attached hydrogens (tertiary/aromatic N) is 4. The van der Waals surface area contributed by atoms with E-state index >= 15 is 0 Å². The predicted molar refractivity (Wildman–Crippen MR) is 114 cm³/mol. The summed E-state index contributed by atoms with van der Waals surface area (Å²) in [6.45, 7) is 6.33. The molecule has 162 valence electrons. The zero-order valence-electron chi connectivity index (χ0n) is 17.9. The maximum absolute atomic E-state index is 14.4. The van der Waals surface area contributed by atoms with E-state index in [0.717, 1.165) is 11.6 Å². The lowest BCUT2D eigenvalue weighted by molar-refractivity contribution is 0.146. The molecule has 31 heavy (non-hydrogen) atoms. The highest BCUT2D eigenvalue weighted by molar-refractivity contribution is 5.78. The number of nitrogens with one attached hydrogen (secondary N) is 1. The van der Waals surface area contributed by atoms with Crippen LogP contribution < -0.4 is 10.8 Å². The molecule has 2 aromatic heterocycles. The summed E-state index contributed by atoms with van der Waals surface area (Å²) in [6, 6.07) is 6.05. The van der Waals surface area contributed by atoms with Gasteiger partial charge in [-0.1, -0.05) is 24.1 Å². The fourth-order valence-electron chi connectivity index (χ4n) is 2.99. The van der Waals surface area contributed by atoms with Gasteiger partial charge in [-0.2, -0.15) is 0 Å². The minimum absolute atomic E-state index is 0.0902. The van der Waals surface area contributed by atoms with Gasteiger partial charge in [0, 0.05) is 24.0 Å². The highest BCUT2D eigenvalue weighted by Gasteiger charge is 2.15. The largest absolute Gasteiger partial charge is 0.331 e. The summed E-state index contributed by atoms with van der Waals surface area (Å²) in [5, 5.41) is 3.92. The van der Waals surface area contributed by atoms with Crippen LogP contribution in [0, 0.1) is 24.6 Å². The van der Waals surface area contributed by atoms with E-state index < -0.39 is 17.8 Å². The molecule has 0 fully saturated rings. The third kappa shape index (κ3) is 5.30. The maximum Gasteiger partial charge on any atom is 0.266 e. The lowest BCUT2D eigenvalue weighted by atomic mass is 10.1. The van der Waals surface area contributed by atoms with Gasteiger partial charge >= 0.3 is 0 Å². The second-order valence-electron chi connectivity index (χ2n) is 7.40. The van der Waals surface area contributed by atoms with Crippen molar-refractivity contribution in [2.75, 3.05) is 6.54 Å². The summed E-state index contributed by atoms with van der Waals surface area (Å²) < 4.78 is 42.2. The van der Waals surface area contributed by atoms with Gasteiger partial charge in [-0.15, -0.1) is 0 Å². The van der Waals surface area contributed by atoms with Gasteiger partial charge in [0.2, 0.25) is 0 Å². The number of alkyl halides is 2. The molecule has 8 heteroatoms. The third-order valence-corrected chi connectivity index (χ3v) is 4.80. The standard InChI is InChI=1S/C23H24F3N5/c1-14(2)27-10-6-8-17-11-19-20(13-28-17)31(4)15(3)30-23(19)29-12-16-7-5-9-18(21(16)24)22(25)26/h5,7,9,11,13-14,22,27H,10,12H2,1-4H3/b29-23-. The topological polar surface area (TPSA) is 55.1 Å². The Morgan fingerprint density at radius 2 is 2.03 bits per heavy atom. The molecule has 0 atom stereocenters. The van der Waals surface area contributed by atoms with Gasteiger partial charge in [0.25, 0.3) is 6.43 Å². The van der Waals surface area contributed by atoms with Gasteiger partial charge in [0.05, 0.1) is 30.4 Å². The van der Waals surface area contributed by atoms with E-state index in [2.05, 4.69) is 32.1 Å². The normalized spacial score (nSPS) is 12.0. The minimum Gasteiger partial charge on any atom is -0.331 e. The zero-order chi connectivity index (χ0) is 22.5. The maximum atomic E-state index is 14.4. The number of hydrogen-bond acceptors (Lipinski definition) is 4. The van der Waals surface area contributed by atoms with Crippen LogP contribution in [0.2, 0.25) is 0 Å². The highest BCUT2D eigenvalue weighted by Crippen LogP contribution is 2.24. The van der Waals surface area contributed by atoms with Gasteiger partial charge in [-0.05, 0) is 32.8 Å². The molecule has 2 heterocycles. The van der Waals surface area contributed by atoms with Crippen LogP contribution >= 0.6 is 0 Å². The van der Waals surface area contributed by atoms with Crippen molar-refractivity contribution in [1.29, 1.82) is 0 Å². The summed E-state index contributed by atoms with van der Waals surface area (Å²) in [4.78, 5) is 13.3. The summed E-state index contributed by atoms with van der Waals surface area (Å²) in [5.74, 6) is 5.79. The Balaban J connectivity index is 2.04. The van der Waals surface area contributed by atoms with Gasteiger partial charge < -0.3 is 9.88 Å². The first-order valence-electron chi connectivity index (χ1n) is 9.89. The SMILES string of the molecule is Cc1n/c(=N\Cc2cccc(C(F)F)c2F)c2cc(C#CCNC(C)C)ncc2n1C. The highest BCUT2D eigenvalue weighted by atomic mass is 19.3. The van der Waals surface area contributed by atoms with Crippen LogP contribution in [0.15, 0.2) is 35.5 Å². The second kappa shape index (κ2) is 9.75. The molecule has 5 nitrogen and oxygen atoms in total. The van der Waals surface area contributed by atoms with E-state index in [-0.39, 0.29) is 12.1 Å². The molecule has 0 bridgehead atoms. The Labute approximate surface area is 179 Å². The van der Waals surface area contributed by atoms with E-state index in [9.17, 15) is 13.2 Å². The van der Waals surface area contributed by atoms with Crippen molar-refractivity contribution in [3.8, 4) is 11.8 Å². The van der Waals surface area contributed by atoms with Crippen molar-refractivity contribution in [3.05, 3.63) is 64.4 Å². The molecule has 3 aromatic rings. The lowest BCUT2D eigenvalue weighted by Crippen LogP contribution is -2.22. The molecule has 0 saturated carbocycles. The number of aryl methyl sites for hydroxylation is 2. The molecule has 0 aliphatic heterocycles. The van der Waals surface area contributed by atoms with Crippen molar-refractivity contribution in [2.45, 2.75) is 39.8 Å². The molecular formula is C23H24F3N5. The van der Waals surface area contributed by atoms with E-state index in [1.807, 2.05) is 32.4 Å². The number of rotatable bonds is 5. The van der Waals surface area contributed by atoms with Crippen molar-refractivity contribution >= 4 is 10.9 Å². The summed E-state index contributed by atoms with van der Waals surface area (Å²) in [7, 11) is 1.86. The summed E-state index contributed by atoms with van der Waals surface area (Å²) >= 11 is 0. The molecule has 0 spiro atoms. The molecule has 0 saturated heterocycles. The average Bonchev–Trinajstić information content (AvgIpc) is 2.73. The molecule has 0 radical (unpaired) electrons. The van der Waals surface area contributed by atoms with Gasteiger partial charge in [-0.3, -0.25) is 4.99 Å². The van der Waals surface area contributed by atoms with Crippen LogP contribution in [0.4, 0.5) is 13.2 Å². The fraction of sp³-hybridized carbons (Fsp3) is 0.348. The smallest absolute Gasteiger partial charge is 0.266 e. The molecule has 0 aliphatic rings. The van der Waals surface area contributed by atoms with Crippen LogP contribution in [0.25, 0.3) is 10.9 Å². The van der Waals surface area contributed by atoms with Crippen molar-refractivity contribution < 1.29 is 13.2 Å². The molecular weight excluding hydrogens is 403 g/mol. The van der Waals surface area contributed by atoms with Crippen LogP contribution in [0.3, 0.4) is 0 Å². The Hall–Kier alpha value is -3.18. The van der Waals surface area contributed by atoms with E-state index in [1.54, 1.807) is 12.3 Å². The van der Waals surface area contributed by atoms with E-state index in [4.69, 9.17) is 0 Å². The zero-order valence-corrected chi connectivity index (χ0v) is 17.9. The van der Waals surface area contributed by atoms with E-state index in [0.29, 0.717) is 35.0 Å². The predicted octanol–water partition coefficient (Wildman–Crippen LogP) is 3.80. The summed E-state index contributed by atoms with van der Waals surface area (Å²) in [5.41, 5.74) is 1.20. The van der Waals surface area contributed by atoms with Crippen LogP contribution in [-0.2, 0) is 13.6 Å². The number of halogens is 3. The lowest BCUT2D eigenvalue weighted by Gasteiger charge is -2.09. The van der Waals surface area contributed by atoms with Gasteiger partial charge in [0.15, 0.2) is 5.49 Å². The number of benzene rings is 1. The van der Waals surface area contributed by atoms with Crippen molar-refractivity contribution in [3.63, 3.8) is 0 Å². The molecule has 0 unspecified atom stereocenters. The Kier molecular flexibility index (Phi) is 7.08. The first kappa shape index (κ1) is 22.5. The molecule has 1 aromatic carbocycles. The Morgan fingerprint density at radius 1 is 1.26 bits per heavy atom. The minimum atomic E-state index is -2.88. The first-order valence-corrected chi connectivity index (χ1v) is 9.89.